The van der Waals surface area contributed by atoms with Gasteiger partial charge in [-0.1, -0.05) is 42.6 Å². The molecule has 0 bridgehead atoms. The number of amides is 1. The Bertz CT molecular complexity index is 833. The Morgan fingerprint density at radius 1 is 1.27 bits per heavy atom. The topological polar surface area (TPSA) is 84.2 Å². The number of hydrogen-bond acceptors (Lipinski definition) is 5. The van der Waals surface area contributed by atoms with Gasteiger partial charge in [-0.2, -0.15) is 4.98 Å². The summed E-state index contributed by atoms with van der Waals surface area (Å²) in [6.07, 6.45) is 5.53. The highest BCUT2D eigenvalue weighted by atomic mass is 35.5. The lowest BCUT2D eigenvalue weighted by Gasteiger charge is -2.22. The largest absolute Gasteiger partial charge is 0.493 e. The van der Waals surface area contributed by atoms with Crippen molar-refractivity contribution < 1.29 is 9.90 Å². The molecule has 3 rings (SSSR count). The molecule has 0 unspecified atom stereocenters. The first-order valence-corrected chi connectivity index (χ1v) is 9.90. The maximum absolute atomic E-state index is 12.3. The highest BCUT2D eigenvalue weighted by Crippen LogP contribution is 2.22. The van der Waals surface area contributed by atoms with Crippen LogP contribution in [0.3, 0.4) is 0 Å². The zero-order chi connectivity index (χ0) is 18.5. The summed E-state index contributed by atoms with van der Waals surface area (Å²) in [5.41, 5.74) is 0.150. The number of aromatic nitrogens is 2. The molecule has 1 aliphatic rings. The fourth-order valence-electron chi connectivity index (χ4n) is 3.02. The van der Waals surface area contributed by atoms with E-state index in [1.807, 2.05) is 0 Å². The Labute approximate surface area is 160 Å². The Kier molecular flexibility index (Phi) is 6.21. The molecule has 1 aromatic heterocycles. The monoisotopic (exact) mass is 393 g/mol. The number of aromatic hydroxyl groups is 1. The Balaban J connectivity index is 1.75. The average Bonchev–Trinajstić information content (AvgIpc) is 2.61. The smallest absolute Gasteiger partial charge is 0.262 e. The molecule has 138 valence electrons. The van der Waals surface area contributed by atoms with Crippen molar-refractivity contribution >= 4 is 29.3 Å². The highest BCUT2D eigenvalue weighted by molar-refractivity contribution is 7.99. The van der Waals surface area contributed by atoms with Crippen LogP contribution in [-0.2, 0) is 4.79 Å². The molecule has 6 nitrogen and oxygen atoms in total. The van der Waals surface area contributed by atoms with E-state index in [0.717, 1.165) is 43.5 Å². The number of halogens is 1. The lowest BCUT2D eigenvalue weighted by atomic mass is 9.95. The molecule has 1 aliphatic carbocycles. The summed E-state index contributed by atoms with van der Waals surface area (Å²) in [6, 6.07) is 7.98. The van der Waals surface area contributed by atoms with Crippen molar-refractivity contribution in [2.24, 2.45) is 0 Å². The molecule has 2 N–H and O–H groups in total. The maximum atomic E-state index is 12.3. The summed E-state index contributed by atoms with van der Waals surface area (Å²) in [4.78, 5) is 28.6. The van der Waals surface area contributed by atoms with Gasteiger partial charge in [-0.3, -0.25) is 14.2 Å². The Morgan fingerprint density at radius 3 is 2.65 bits per heavy atom. The predicted octanol–water partition coefficient (Wildman–Crippen LogP) is 3.13. The van der Waals surface area contributed by atoms with E-state index in [-0.39, 0.29) is 28.7 Å². The molecule has 2 aromatic rings. The van der Waals surface area contributed by atoms with Crippen LogP contribution in [0, 0.1) is 0 Å². The number of hydrogen-bond donors (Lipinski definition) is 2. The SMILES string of the molecule is O=C(CSc1nc(O)cc(=O)n1-c1ccc(Cl)cc1)NC1CCCCC1. The molecule has 0 spiro atoms. The van der Waals surface area contributed by atoms with Gasteiger partial charge in [-0.05, 0) is 37.1 Å². The molecule has 0 radical (unpaired) electrons. The van der Waals surface area contributed by atoms with Crippen LogP contribution in [0.15, 0.2) is 40.3 Å². The normalized spacial score (nSPS) is 15.0. The minimum atomic E-state index is -0.421. The lowest BCUT2D eigenvalue weighted by molar-refractivity contribution is -0.119. The van der Waals surface area contributed by atoms with Crippen molar-refractivity contribution in [3.05, 3.63) is 45.7 Å². The number of nitrogens with one attached hydrogen (secondary N) is 1. The number of rotatable bonds is 5. The summed E-state index contributed by atoms with van der Waals surface area (Å²) < 4.78 is 1.36. The van der Waals surface area contributed by atoms with E-state index in [4.69, 9.17) is 11.6 Å². The summed E-state index contributed by atoms with van der Waals surface area (Å²) in [7, 11) is 0. The molecule has 0 saturated heterocycles. The van der Waals surface area contributed by atoms with Crippen LogP contribution in [0.4, 0.5) is 0 Å². The third kappa shape index (κ3) is 4.80. The first-order valence-electron chi connectivity index (χ1n) is 8.54. The summed E-state index contributed by atoms with van der Waals surface area (Å²) in [5.74, 6) is -0.336. The number of thioether (sulfide) groups is 1. The van der Waals surface area contributed by atoms with E-state index in [9.17, 15) is 14.7 Å². The first-order chi connectivity index (χ1) is 12.5. The van der Waals surface area contributed by atoms with E-state index >= 15 is 0 Å². The highest BCUT2D eigenvalue weighted by Gasteiger charge is 2.17. The van der Waals surface area contributed by atoms with Gasteiger partial charge in [0.15, 0.2) is 5.16 Å². The van der Waals surface area contributed by atoms with Crippen molar-refractivity contribution in [2.75, 3.05) is 5.75 Å². The van der Waals surface area contributed by atoms with Gasteiger partial charge in [0.2, 0.25) is 11.8 Å². The average molecular weight is 394 g/mol. The van der Waals surface area contributed by atoms with Crippen molar-refractivity contribution in [1.29, 1.82) is 0 Å². The molecule has 1 aromatic carbocycles. The zero-order valence-corrected chi connectivity index (χ0v) is 15.7. The van der Waals surface area contributed by atoms with E-state index < -0.39 is 5.56 Å². The number of benzene rings is 1. The van der Waals surface area contributed by atoms with Gasteiger partial charge >= 0.3 is 0 Å². The molecule has 26 heavy (non-hydrogen) atoms. The van der Waals surface area contributed by atoms with Crippen LogP contribution in [0.2, 0.25) is 5.02 Å². The molecule has 8 heteroatoms. The fourth-order valence-corrected chi connectivity index (χ4v) is 3.97. The minimum Gasteiger partial charge on any atom is -0.493 e. The molecule has 1 heterocycles. The van der Waals surface area contributed by atoms with Gasteiger partial charge in [0.05, 0.1) is 17.5 Å². The number of carbonyl (C=O) groups excluding carboxylic acids is 1. The first kappa shape index (κ1) is 18.8. The van der Waals surface area contributed by atoms with E-state index in [1.54, 1.807) is 24.3 Å². The quantitative estimate of drug-likeness (QED) is 0.602. The summed E-state index contributed by atoms with van der Waals surface area (Å²) >= 11 is 7.02. The second-order valence-corrected chi connectivity index (χ2v) is 7.62. The van der Waals surface area contributed by atoms with Crippen molar-refractivity contribution in [1.82, 2.24) is 14.9 Å². The standard InChI is InChI=1S/C18H20ClN3O3S/c19-12-6-8-14(9-7-12)22-17(25)10-15(23)21-18(22)26-11-16(24)20-13-4-2-1-3-5-13/h6-10,13,23H,1-5,11H2,(H,20,24). The van der Waals surface area contributed by atoms with Crippen LogP contribution in [-0.4, -0.2) is 32.4 Å². The van der Waals surface area contributed by atoms with Crippen LogP contribution >= 0.6 is 23.4 Å². The van der Waals surface area contributed by atoms with E-state index in [0.29, 0.717) is 10.7 Å². The van der Waals surface area contributed by atoms with Crippen molar-refractivity contribution in [3.8, 4) is 11.6 Å². The minimum absolute atomic E-state index is 0.0952. The molecular formula is C18H20ClN3O3S. The van der Waals surface area contributed by atoms with Crippen LogP contribution in [0.1, 0.15) is 32.1 Å². The maximum Gasteiger partial charge on any atom is 0.262 e. The molecule has 0 atom stereocenters. The third-order valence-corrected chi connectivity index (χ3v) is 5.45. The molecule has 1 amide bonds. The van der Waals surface area contributed by atoms with Gasteiger partial charge in [-0.15, -0.1) is 0 Å². The van der Waals surface area contributed by atoms with E-state index in [2.05, 4.69) is 10.3 Å². The number of nitrogens with zero attached hydrogens (tertiary/aromatic N) is 2. The molecular weight excluding hydrogens is 374 g/mol. The molecule has 1 fully saturated rings. The molecule has 0 aliphatic heterocycles. The Morgan fingerprint density at radius 2 is 1.96 bits per heavy atom. The zero-order valence-electron chi connectivity index (χ0n) is 14.2. The van der Waals surface area contributed by atoms with Gasteiger partial charge < -0.3 is 10.4 Å². The second-order valence-electron chi connectivity index (χ2n) is 6.24. The summed E-state index contributed by atoms with van der Waals surface area (Å²) in [6.45, 7) is 0. The second kappa shape index (κ2) is 8.60. The van der Waals surface area contributed by atoms with Gasteiger partial charge in [0.25, 0.3) is 5.56 Å². The third-order valence-electron chi connectivity index (χ3n) is 4.26. The number of carbonyl (C=O) groups is 1. The van der Waals surface area contributed by atoms with Crippen LogP contribution in [0.5, 0.6) is 5.88 Å². The van der Waals surface area contributed by atoms with Gasteiger partial charge in [0, 0.05) is 11.1 Å². The van der Waals surface area contributed by atoms with Gasteiger partial charge in [-0.25, -0.2) is 0 Å². The van der Waals surface area contributed by atoms with Crippen molar-refractivity contribution in [3.63, 3.8) is 0 Å². The van der Waals surface area contributed by atoms with Crippen molar-refractivity contribution in [2.45, 2.75) is 43.3 Å². The fraction of sp³-hybridized carbons (Fsp3) is 0.389. The Hall–Kier alpha value is -1.99. The molecule has 1 saturated carbocycles. The van der Waals surface area contributed by atoms with Crippen LogP contribution in [0.25, 0.3) is 5.69 Å². The lowest BCUT2D eigenvalue weighted by Crippen LogP contribution is -2.37. The van der Waals surface area contributed by atoms with E-state index in [1.165, 1.54) is 11.0 Å². The van der Waals surface area contributed by atoms with Gasteiger partial charge in [0.1, 0.15) is 0 Å². The van der Waals surface area contributed by atoms with Crippen LogP contribution < -0.4 is 10.9 Å². The summed E-state index contributed by atoms with van der Waals surface area (Å²) in [5, 5.41) is 13.5. The predicted molar refractivity (Wildman–Crippen MR) is 102 cm³/mol.